The van der Waals surface area contributed by atoms with Gasteiger partial charge >= 0.3 is 11.4 Å². The summed E-state index contributed by atoms with van der Waals surface area (Å²) < 4.78 is 4.60. The highest BCUT2D eigenvalue weighted by molar-refractivity contribution is 5.99. The molecule has 0 saturated carbocycles. The molecule has 3 rings (SSSR count). The first-order valence-corrected chi connectivity index (χ1v) is 6.85. The lowest BCUT2D eigenvalue weighted by Gasteiger charge is -2.34. The van der Waals surface area contributed by atoms with Gasteiger partial charge in [0.25, 0.3) is 0 Å². The molecule has 1 aliphatic heterocycles. The molecule has 0 aliphatic carbocycles. The van der Waals surface area contributed by atoms with Gasteiger partial charge in [0.05, 0.1) is 15.9 Å². The Kier molecular flexibility index (Phi) is 3.35. The first kappa shape index (κ1) is 14.2. The zero-order valence-corrected chi connectivity index (χ0v) is 11.8. The number of nitro benzene ring substituents is 2. The van der Waals surface area contributed by atoms with Crippen molar-refractivity contribution < 1.29 is 14.5 Å². The van der Waals surface area contributed by atoms with Crippen LogP contribution in [0.1, 0.15) is 26.2 Å². The highest BCUT2D eigenvalue weighted by Crippen LogP contribution is 2.41. The predicted molar refractivity (Wildman–Crippen MR) is 75.8 cm³/mol. The van der Waals surface area contributed by atoms with Gasteiger partial charge in [0.15, 0.2) is 5.52 Å². The van der Waals surface area contributed by atoms with Gasteiger partial charge < -0.3 is 4.90 Å². The number of nitro groups is 2. The van der Waals surface area contributed by atoms with Crippen LogP contribution >= 0.6 is 0 Å². The van der Waals surface area contributed by atoms with Crippen LogP contribution in [0.4, 0.5) is 17.1 Å². The molecule has 0 bridgehead atoms. The van der Waals surface area contributed by atoms with Gasteiger partial charge in [-0.1, -0.05) is 0 Å². The minimum Gasteiger partial charge on any atom is -0.361 e. The van der Waals surface area contributed by atoms with Gasteiger partial charge in [-0.05, 0) is 36.5 Å². The monoisotopic (exact) mass is 307 g/mol. The van der Waals surface area contributed by atoms with Crippen molar-refractivity contribution in [2.24, 2.45) is 0 Å². The Labute approximate surface area is 123 Å². The van der Waals surface area contributed by atoms with E-state index in [1.807, 2.05) is 11.8 Å². The Morgan fingerprint density at radius 2 is 1.86 bits per heavy atom. The molecule has 2 aromatic rings. The van der Waals surface area contributed by atoms with Crippen LogP contribution in [0.2, 0.25) is 0 Å². The van der Waals surface area contributed by atoms with Gasteiger partial charge in [-0.2, -0.15) is 0 Å². The highest BCUT2D eigenvalue weighted by atomic mass is 16.6. The molecule has 1 fully saturated rings. The van der Waals surface area contributed by atoms with E-state index in [2.05, 4.69) is 14.9 Å². The molecule has 0 unspecified atom stereocenters. The topological polar surface area (TPSA) is 128 Å². The molecule has 1 atom stereocenters. The van der Waals surface area contributed by atoms with Crippen LogP contribution < -0.4 is 4.90 Å². The van der Waals surface area contributed by atoms with Crippen molar-refractivity contribution in [2.45, 2.75) is 32.2 Å². The minimum atomic E-state index is -0.719. The molecule has 1 aromatic carbocycles. The number of benzene rings is 1. The number of rotatable bonds is 3. The second-order valence-electron chi connectivity index (χ2n) is 5.28. The van der Waals surface area contributed by atoms with Gasteiger partial charge in [-0.25, -0.2) is 4.63 Å². The van der Waals surface area contributed by atoms with Crippen molar-refractivity contribution >= 4 is 28.1 Å². The van der Waals surface area contributed by atoms with Crippen LogP contribution in [0.25, 0.3) is 11.0 Å². The number of aromatic nitrogens is 2. The fraction of sp³-hybridized carbons (Fsp3) is 0.500. The maximum Gasteiger partial charge on any atom is 0.307 e. The number of hydrogen-bond acceptors (Lipinski definition) is 8. The molecule has 0 radical (unpaired) electrons. The van der Waals surface area contributed by atoms with E-state index in [0.29, 0.717) is 6.54 Å². The number of piperidine rings is 1. The minimum absolute atomic E-state index is 0.0645. The van der Waals surface area contributed by atoms with Gasteiger partial charge in [0, 0.05) is 12.6 Å². The lowest BCUT2D eigenvalue weighted by Crippen LogP contribution is -2.38. The SMILES string of the molecule is C[C@H]1CCCCN1c1c([N+](=O)[O-])cc([N+](=O)[O-])c2nonc12. The number of fused-ring (bicyclic) bond motifs is 1. The largest absolute Gasteiger partial charge is 0.361 e. The average Bonchev–Trinajstić information content (AvgIpc) is 2.95. The first-order chi connectivity index (χ1) is 10.5. The fourth-order valence-electron chi connectivity index (χ4n) is 2.89. The number of nitrogens with zero attached hydrogens (tertiary/aromatic N) is 5. The third-order valence-corrected chi connectivity index (χ3v) is 3.96. The van der Waals surface area contributed by atoms with Gasteiger partial charge in [0.2, 0.25) is 5.52 Å². The van der Waals surface area contributed by atoms with Gasteiger partial charge in [-0.3, -0.25) is 20.2 Å². The Balaban J connectivity index is 2.30. The average molecular weight is 307 g/mol. The predicted octanol–water partition coefficient (Wildman–Crippen LogP) is 2.42. The zero-order chi connectivity index (χ0) is 15.9. The molecule has 0 amide bonds. The summed E-state index contributed by atoms with van der Waals surface area (Å²) in [7, 11) is 0. The maximum atomic E-state index is 11.4. The van der Waals surface area contributed by atoms with Crippen LogP contribution in [0, 0.1) is 20.2 Å². The van der Waals surface area contributed by atoms with E-state index in [1.165, 1.54) is 0 Å². The lowest BCUT2D eigenvalue weighted by molar-refractivity contribution is -0.392. The van der Waals surface area contributed by atoms with Crippen LogP contribution in [0.3, 0.4) is 0 Å². The van der Waals surface area contributed by atoms with Gasteiger partial charge in [-0.15, -0.1) is 0 Å². The Morgan fingerprint density at radius 1 is 1.18 bits per heavy atom. The van der Waals surface area contributed by atoms with Crippen LogP contribution in [-0.4, -0.2) is 32.7 Å². The summed E-state index contributed by atoms with van der Waals surface area (Å²) in [6, 6.07) is 1.01. The van der Waals surface area contributed by atoms with Crippen molar-refractivity contribution in [1.29, 1.82) is 0 Å². The van der Waals surface area contributed by atoms with E-state index in [-0.39, 0.29) is 28.5 Å². The summed E-state index contributed by atoms with van der Waals surface area (Å²) in [5, 5.41) is 29.7. The van der Waals surface area contributed by atoms with E-state index < -0.39 is 15.5 Å². The number of hydrogen-bond donors (Lipinski definition) is 0. The Bertz CT molecular complexity index is 758. The Hall–Kier alpha value is -2.78. The van der Waals surface area contributed by atoms with Gasteiger partial charge in [0.1, 0.15) is 5.69 Å². The van der Waals surface area contributed by atoms with Crippen LogP contribution in [0.5, 0.6) is 0 Å². The van der Waals surface area contributed by atoms with E-state index in [4.69, 9.17) is 0 Å². The van der Waals surface area contributed by atoms with Crippen molar-refractivity contribution in [2.75, 3.05) is 11.4 Å². The summed E-state index contributed by atoms with van der Waals surface area (Å²) in [6.07, 6.45) is 2.82. The molecule has 10 nitrogen and oxygen atoms in total. The third kappa shape index (κ3) is 2.12. The second kappa shape index (κ2) is 5.20. The molecule has 0 spiro atoms. The fourth-order valence-corrected chi connectivity index (χ4v) is 2.89. The van der Waals surface area contributed by atoms with Crippen LogP contribution in [-0.2, 0) is 0 Å². The summed E-state index contributed by atoms with van der Waals surface area (Å²) in [6.45, 7) is 2.59. The molecule has 1 saturated heterocycles. The third-order valence-electron chi connectivity index (χ3n) is 3.96. The smallest absolute Gasteiger partial charge is 0.307 e. The molecule has 2 heterocycles. The lowest BCUT2D eigenvalue weighted by atomic mass is 10.0. The van der Waals surface area contributed by atoms with Crippen molar-refractivity contribution in [1.82, 2.24) is 10.3 Å². The molecule has 10 heteroatoms. The molecule has 1 aliphatic rings. The summed E-state index contributed by atoms with van der Waals surface area (Å²) >= 11 is 0. The highest BCUT2D eigenvalue weighted by Gasteiger charge is 2.34. The summed E-state index contributed by atoms with van der Waals surface area (Å²) in [5.74, 6) is 0. The standard InChI is InChI=1S/C12H13N5O5/c1-7-4-2-3-5-15(7)12-9(17(20)21)6-8(16(18)19)10-11(12)14-22-13-10/h6-7H,2-5H2,1H3/t7-/m0/s1. The van der Waals surface area contributed by atoms with E-state index >= 15 is 0 Å². The number of non-ortho nitro benzene ring substituents is 1. The molecule has 1 aromatic heterocycles. The van der Waals surface area contributed by atoms with E-state index in [1.54, 1.807) is 0 Å². The molecule has 0 N–H and O–H groups in total. The second-order valence-corrected chi connectivity index (χ2v) is 5.28. The normalized spacial score (nSPS) is 18.6. The van der Waals surface area contributed by atoms with Crippen LogP contribution in [0.15, 0.2) is 10.7 Å². The molecule has 116 valence electrons. The molecular weight excluding hydrogens is 294 g/mol. The summed E-state index contributed by atoms with van der Waals surface area (Å²) in [5.41, 5.74) is -0.572. The van der Waals surface area contributed by atoms with Crippen molar-refractivity contribution in [3.63, 3.8) is 0 Å². The van der Waals surface area contributed by atoms with E-state index in [0.717, 1.165) is 25.3 Å². The quantitative estimate of drug-likeness (QED) is 0.624. The summed E-state index contributed by atoms with van der Waals surface area (Å²) in [4.78, 5) is 23.0. The zero-order valence-electron chi connectivity index (χ0n) is 11.8. The first-order valence-electron chi connectivity index (χ1n) is 6.85. The van der Waals surface area contributed by atoms with Crippen molar-refractivity contribution in [3.8, 4) is 0 Å². The molecule has 22 heavy (non-hydrogen) atoms. The van der Waals surface area contributed by atoms with Crippen molar-refractivity contribution in [3.05, 3.63) is 26.3 Å². The van der Waals surface area contributed by atoms with E-state index in [9.17, 15) is 20.2 Å². The Morgan fingerprint density at radius 3 is 2.50 bits per heavy atom. The number of anilines is 1. The maximum absolute atomic E-state index is 11.4. The molecular formula is C12H13N5O5.